The molecule has 1 aromatic rings. The lowest BCUT2D eigenvalue weighted by atomic mass is 10.1. The predicted octanol–water partition coefficient (Wildman–Crippen LogP) is 1.49. The number of hydrogen-bond donors (Lipinski definition) is 1. The molecule has 0 fully saturated rings. The molecule has 0 spiro atoms. The van der Waals surface area contributed by atoms with E-state index in [9.17, 15) is 14.9 Å². The van der Waals surface area contributed by atoms with Gasteiger partial charge >= 0.3 is 5.97 Å². The normalized spacial score (nSPS) is 12.1. The number of aryl methyl sites for hydroxylation is 1. The number of hydrogen-bond acceptors (Lipinski definition) is 4. The van der Waals surface area contributed by atoms with Crippen LogP contribution in [-0.2, 0) is 4.79 Å². The van der Waals surface area contributed by atoms with E-state index in [2.05, 4.69) is 4.98 Å². The van der Waals surface area contributed by atoms with Crippen molar-refractivity contribution in [1.82, 2.24) is 4.98 Å². The van der Waals surface area contributed by atoms with Crippen molar-refractivity contribution in [3.8, 4) is 0 Å². The summed E-state index contributed by atoms with van der Waals surface area (Å²) in [7, 11) is 0. The fraction of sp³-hybridized carbons (Fsp3) is 0.333. The third kappa shape index (κ3) is 2.28. The van der Waals surface area contributed by atoms with E-state index in [1.165, 1.54) is 19.1 Å². The number of nitrogens with zero attached hydrogens (tertiary/aromatic N) is 2. The minimum absolute atomic E-state index is 0.00694. The molecule has 1 rings (SSSR count). The molecule has 0 saturated carbocycles. The molecule has 6 nitrogen and oxygen atoms in total. The zero-order chi connectivity index (χ0) is 11.6. The van der Waals surface area contributed by atoms with Crippen molar-refractivity contribution in [2.24, 2.45) is 0 Å². The molecule has 15 heavy (non-hydrogen) atoms. The van der Waals surface area contributed by atoms with Gasteiger partial charge in [0.1, 0.15) is 11.6 Å². The number of aromatic nitrogens is 1. The maximum absolute atomic E-state index is 10.7. The summed E-state index contributed by atoms with van der Waals surface area (Å²) in [6.07, 6.45) is 0. The Labute approximate surface area is 85.7 Å². The van der Waals surface area contributed by atoms with E-state index in [4.69, 9.17) is 5.11 Å². The second kappa shape index (κ2) is 4.04. The van der Waals surface area contributed by atoms with Crippen LogP contribution in [0.15, 0.2) is 12.1 Å². The maximum Gasteiger partial charge on any atom is 0.312 e. The van der Waals surface area contributed by atoms with Gasteiger partial charge < -0.3 is 5.11 Å². The van der Waals surface area contributed by atoms with Crippen molar-refractivity contribution in [1.29, 1.82) is 0 Å². The van der Waals surface area contributed by atoms with Gasteiger partial charge in [-0.05, 0) is 19.9 Å². The Bertz CT molecular complexity index is 417. The van der Waals surface area contributed by atoms with Gasteiger partial charge in [-0.25, -0.2) is 0 Å². The van der Waals surface area contributed by atoms with Crippen LogP contribution in [0.2, 0.25) is 0 Å². The quantitative estimate of drug-likeness (QED) is 0.602. The largest absolute Gasteiger partial charge is 0.481 e. The summed E-state index contributed by atoms with van der Waals surface area (Å²) in [5.74, 6) is -2.11. The standard InChI is InChI=1S/C9H10N2O4/c1-5-3-4-7(11(14)15)8(10-5)6(2)9(12)13/h3-4,6H,1-2H3,(H,12,13). The fourth-order valence-electron chi connectivity index (χ4n) is 1.16. The van der Waals surface area contributed by atoms with Gasteiger partial charge in [0.2, 0.25) is 0 Å². The summed E-state index contributed by atoms with van der Waals surface area (Å²) in [6.45, 7) is 3.03. The van der Waals surface area contributed by atoms with Crippen LogP contribution >= 0.6 is 0 Å². The molecule has 0 radical (unpaired) electrons. The molecule has 0 aliphatic heterocycles. The third-order valence-electron chi connectivity index (χ3n) is 2.02. The highest BCUT2D eigenvalue weighted by Crippen LogP contribution is 2.24. The molecule has 0 saturated heterocycles. The lowest BCUT2D eigenvalue weighted by Gasteiger charge is -2.06. The zero-order valence-corrected chi connectivity index (χ0v) is 8.30. The highest BCUT2D eigenvalue weighted by atomic mass is 16.6. The molecule has 0 aromatic carbocycles. The Morgan fingerprint density at radius 2 is 2.20 bits per heavy atom. The van der Waals surface area contributed by atoms with Crippen molar-refractivity contribution in [3.05, 3.63) is 33.6 Å². The van der Waals surface area contributed by atoms with E-state index in [1.54, 1.807) is 6.92 Å². The lowest BCUT2D eigenvalue weighted by Crippen LogP contribution is -2.12. The Kier molecular flexibility index (Phi) is 2.99. The number of pyridine rings is 1. The fourth-order valence-corrected chi connectivity index (χ4v) is 1.16. The SMILES string of the molecule is Cc1ccc([N+](=O)[O-])c(C(C)C(=O)O)n1. The van der Waals surface area contributed by atoms with Crippen molar-refractivity contribution in [2.45, 2.75) is 19.8 Å². The summed E-state index contributed by atoms with van der Waals surface area (Å²) >= 11 is 0. The molecule has 0 aliphatic carbocycles. The van der Waals surface area contributed by atoms with E-state index in [0.717, 1.165) is 0 Å². The minimum atomic E-state index is -1.13. The van der Waals surface area contributed by atoms with E-state index < -0.39 is 16.8 Å². The highest BCUT2D eigenvalue weighted by molar-refractivity contribution is 5.76. The van der Waals surface area contributed by atoms with Gasteiger partial charge in [-0.3, -0.25) is 19.9 Å². The topological polar surface area (TPSA) is 93.3 Å². The molecule has 6 heteroatoms. The molecule has 1 N–H and O–H groups in total. The van der Waals surface area contributed by atoms with E-state index >= 15 is 0 Å². The second-order valence-electron chi connectivity index (χ2n) is 3.17. The molecule has 1 heterocycles. The predicted molar refractivity (Wildman–Crippen MR) is 51.7 cm³/mol. The van der Waals surface area contributed by atoms with Gasteiger partial charge in [-0.1, -0.05) is 0 Å². The van der Waals surface area contributed by atoms with Gasteiger partial charge in [0.05, 0.1) is 4.92 Å². The van der Waals surface area contributed by atoms with Gasteiger partial charge in [0, 0.05) is 11.8 Å². The summed E-state index contributed by atoms with van der Waals surface area (Å²) in [5, 5.41) is 19.4. The summed E-state index contributed by atoms with van der Waals surface area (Å²) in [4.78, 5) is 24.6. The Balaban J connectivity index is 3.30. The smallest absolute Gasteiger partial charge is 0.312 e. The number of aliphatic carboxylic acids is 1. The van der Waals surface area contributed by atoms with Gasteiger partial charge in [-0.15, -0.1) is 0 Å². The van der Waals surface area contributed by atoms with Gasteiger partial charge in [0.15, 0.2) is 0 Å². The second-order valence-corrected chi connectivity index (χ2v) is 3.17. The van der Waals surface area contributed by atoms with Crippen LogP contribution in [0.4, 0.5) is 5.69 Å². The van der Waals surface area contributed by atoms with Crippen molar-refractivity contribution in [2.75, 3.05) is 0 Å². The van der Waals surface area contributed by atoms with E-state index in [-0.39, 0.29) is 11.4 Å². The number of carboxylic acid groups (broad SMARTS) is 1. The lowest BCUT2D eigenvalue weighted by molar-refractivity contribution is -0.386. The Morgan fingerprint density at radius 1 is 1.60 bits per heavy atom. The Hall–Kier alpha value is -1.98. The number of nitro groups is 1. The molecule has 1 atom stereocenters. The van der Waals surface area contributed by atoms with Crippen molar-refractivity contribution < 1.29 is 14.8 Å². The molecule has 1 aromatic heterocycles. The molecule has 80 valence electrons. The molecule has 0 amide bonds. The van der Waals surface area contributed by atoms with E-state index in [0.29, 0.717) is 5.69 Å². The van der Waals surface area contributed by atoms with Crippen LogP contribution in [0.3, 0.4) is 0 Å². The maximum atomic E-state index is 10.7. The highest BCUT2D eigenvalue weighted by Gasteiger charge is 2.25. The van der Waals surface area contributed by atoms with Crippen molar-refractivity contribution >= 4 is 11.7 Å². The molecular formula is C9H10N2O4. The summed E-state index contributed by atoms with van der Waals surface area (Å²) in [6, 6.07) is 2.76. The number of carboxylic acids is 1. The first-order valence-corrected chi connectivity index (χ1v) is 4.28. The number of carbonyl (C=O) groups is 1. The average molecular weight is 210 g/mol. The molecular weight excluding hydrogens is 200 g/mol. The van der Waals surface area contributed by atoms with E-state index in [1.807, 2.05) is 0 Å². The molecule has 1 unspecified atom stereocenters. The average Bonchev–Trinajstić information content (AvgIpc) is 2.15. The molecule has 0 bridgehead atoms. The van der Waals surface area contributed by atoms with Crippen LogP contribution < -0.4 is 0 Å². The van der Waals surface area contributed by atoms with Gasteiger partial charge in [0.25, 0.3) is 5.69 Å². The minimum Gasteiger partial charge on any atom is -0.481 e. The summed E-state index contributed by atoms with van der Waals surface area (Å²) in [5.41, 5.74) is 0.298. The first-order valence-electron chi connectivity index (χ1n) is 4.28. The Morgan fingerprint density at radius 3 is 2.67 bits per heavy atom. The van der Waals surface area contributed by atoms with Crippen molar-refractivity contribution in [3.63, 3.8) is 0 Å². The van der Waals surface area contributed by atoms with Crippen LogP contribution in [-0.4, -0.2) is 21.0 Å². The first-order chi connectivity index (χ1) is 6.93. The molecule has 0 aliphatic rings. The van der Waals surface area contributed by atoms with Crippen LogP contribution in [0.1, 0.15) is 24.2 Å². The zero-order valence-electron chi connectivity index (χ0n) is 8.30. The van der Waals surface area contributed by atoms with Crippen LogP contribution in [0.25, 0.3) is 0 Å². The monoisotopic (exact) mass is 210 g/mol. The first kappa shape index (κ1) is 11.1. The van der Waals surface area contributed by atoms with Crippen LogP contribution in [0, 0.1) is 17.0 Å². The number of rotatable bonds is 3. The summed E-state index contributed by atoms with van der Waals surface area (Å²) < 4.78 is 0. The van der Waals surface area contributed by atoms with Gasteiger partial charge in [-0.2, -0.15) is 0 Å². The third-order valence-corrected chi connectivity index (χ3v) is 2.02. The van der Waals surface area contributed by atoms with Crippen LogP contribution in [0.5, 0.6) is 0 Å².